The molecule has 2 unspecified atom stereocenters. The van der Waals surface area contributed by atoms with Crippen molar-refractivity contribution in [3.8, 4) is 0 Å². The normalized spacial score (nSPS) is 19.2. The summed E-state index contributed by atoms with van der Waals surface area (Å²) in [6.45, 7) is 9.77. The van der Waals surface area contributed by atoms with E-state index in [0.717, 1.165) is 9.80 Å². The zero-order chi connectivity index (χ0) is 28.6. The summed E-state index contributed by atoms with van der Waals surface area (Å²) in [5, 5.41) is 0. The molecule has 2 atom stereocenters. The molecule has 0 spiro atoms. The Kier molecular flexibility index (Phi) is 11.4. The van der Waals surface area contributed by atoms with Crippen molar-refractivity contribution in [3.05, 3.63) is 0 Å². The molecule has 4 amide bonds. The molecule has 0 aromatic carbocycles. The number of amides is 4. The Morgan fingerprint density at radius 3 is 1.13 bits per heavy atom. The Balaban J connectivity index is 1.86. The van der Waals surface area contributed by atoms with Crippen LogP contribution in [0.25, 0.3) is 0 Å². The van der Waals surface area contributed by atoms with Crippen LogP contribution in [0.3, 0.4) is 0 Å². The highest BCUT2D eigenvalue weighted by Gasteiger charge is 2.40. The van der Waals surface area contributed by atoms with E-state index >= 15 is 0 Å². The first-order valence-corrected chi connectivity index (χ1v) is 12.5. The van der Waals surface area contributed by atoms with E-state index in [1.165, 1.54) is 0 Å². The van der Waals surface area contributed by atoms with E-state index in [1.807, 2.05) is 27.7 Å². The minimum Gasteiger partial charge on any atom is -0.434 e. The fourth-order valence-electron chi connectivity index (χ4n) is 3.69. The third kappa shape index (κ3) is 8.94. The number of ether oxygens (including phenoxy) is 4. The predicted octanol–water partition coefficient (Wildman–Crippen LogP) is 0.638. The number of carbonyl (C=O) groups is 6. The summed E-state index contributed by atoms with van der Waals surface area (Å²) in [5.74, 6) is -1.96. The summed E-state index contributed by atoms with van der Waals surface area (Å²) in [4.78, 5) is 78.7. The second-order valence-electron chi connectivity index (χ2n) is 10.2. The van der Waals surface area contributed by atoms with Gasteiger partial charge in [0.1, 0.15) is 0 Å². The van der Waals surface area contributed by atoms with Gasteiger partial charge < -0.3 is 18.9 Å². The van der Waals surface area contributed by atoms with Gasteiger partial charge in [-0.2, -0.15) is 0 Å². The molecule has 0 radical (unpaired) electrons. The molecule has 2 aliphatic heterocycles. The monoisotopic (exact) mass is 542 g/mol. The Labute approximate surface area is 222 Å². The first kappa shape index (κ1) is 31.0. The van der Waals surface area contributed by atoms with Gasteiger partial charge in [-0.25, -0.2) is 19.4 Å². The SMILES string of the molecule is CC(C)COC(=O)OCN1C(=O)CN(C(C)C(C)N2CC(=O)N(COC(=O)OCC(C)C)C(=O)C2)CC1=O. The van der Waals surface area contributed by atoms with Crippen LogP contribution in [-0.4, -0.2) is 120 Å². The molecule has 2 saturated heterocycles. The Morgan fingerprint density at radius 2 is 0.868 bits per heavy atom. The first-order chi connectivity index (χ1) is 17.8. The van der Waals surface area contributed by atoms with Crippen LogP contribution in [0, 0.1) is 11.8 Å². The van der Waals surface area contributed by atoms with Crippen molar-refractivity contribution < 1.29 is 47.7 Å². The zero-order valence-electron chi connectivity index (χ0n) is 22.8. The van der Waals surface area contributed by atoms with E-state index in [9.17, 15) is 28.8 Å². The molecular weight excluding hydrogens is 504 g/mol. The van der Waals surface area contributed by atoms with Crippen LogP contribution in [0.15, 0.2) is 0 Å². The van der Waals surface area contributed by atoms with E-state index in [0.29, 0.717) is 0 Å². The molecule has 2 aliphatic rings. The molecule has 38 heavy (non-hydrogen) atoms. The topological polar surface area (TPSA) is 152 Å². The van der Waals surface area contributed by atoms with E-state index < -0.39 is 49.4 Å². The number of hydrogen-bond donors (Lipinski definition) is 0. The lowest BCUT2D eigenvalue weighted by Crippen LogP contribution is -2.63. The van der Waals surface area contributed by atoms with Crippen molar-refractivity contribution >= 4 is 35.9 Å². The Hall–Kier alpha value is -3.26. The van der Waals surface area contributed by atoms with Gasteiger partial charge in [-0.15, -0.1) is 0 Å². The number of imide groups is 2. The molecule has 14 nitrogen and oxygen atoms in total. The molecule has 0 aromatic heterocycles. The molecule has 0 N–H and O–H groups in total. The number of rotatable bonds is 11. The quantitative estimate of drug-likeness (QED) is 0.266. The lowest BCUT2D eigenvalue weighted by atomic mass is 10.1. The van der Waals surface area contributed by atoms with Gasteiger partial charge >= 0.3 is 12.3 Å². The highest BCUT2D eigenvalue weighted by atomic mass is 16.7. The molecule has 2 rings (SSSR count). The minimum atomic E-state index is -0.963. The number of piperazine rings is 2. The third-order valence-electron chi connectivity index (χ3n) is 6.10. The van der Waals surface area contributed by atoms with Gasteiger partial charge in [0.2, 0.25) is 23.6 Å². The smallest absolute Gasteiger partial charge is 0.434 e. The molecule has 0 bridgehead atoms. The minimum absolute atomic E-state index is 0.109. The van der Waals surface area contributed by atoms with Crippen molar-refractivity contribution in [1.29, 1.82) is 0 Å². The largest absolute Gasteiger partial charge is 0.510 e. The van der Waals surface area contributed by atoms with Crippen LogP contribution in [0.5, 0.6) is 0 Å². The number of nitrogens with zero attached hydrogens (tertiary/aromatic N) is 4. The fourth-order valence-corrected chi connectivity index (χ4v) is 3.69. The van der Waals surface area contributed by atoms with Crippen LogP contribution in [0.1, 0.15) is 41.5 Å². The van der Waals surface area contributed by atoms with Crippen LogP contribution in [0.2, 0.25) is 0 Å². The Morgan fingerprint density at radius 1 is 0.579 bits per heavy atom. The highest BCUT2D eigenvalue weighted by molar-refractivity contribution is 6.00. The van der Waals surface area contributed by atoms with Gasteiger partial charge in [0, 0.05) is 12.1 Å². The van der Waals surface area contributed by atoms with Crippen LogP contribution in [0.4, 0.5) is 9.59 Å². The molecular formula is C24H38N4O10. The lowest BCUT2D eigenvalue weighted by Gasteiger charge is -2.43. The van der Waals surface area contributed by atoms with Crippen molar-refractivity contribution in [2.24, 2.45) is 11.8 Å². The molecule has 2 fully saturated rings. The van der Waals surface area contributed by atoms with E-state index in [-0.39, 0.29) is 63.3 Å². The number of hydrogen-bond acceptors (Lipinski definition) is 12. The van der Waals surface area contributed by atoms with Gasteiger partial charge in [-0.1, -0.05) is 27.7 Å². The molecule has 0 saturated carbocycles. The molecule has 14 heteroatoms. The fraction of sp³-hybridized carbons (Fsp3) is 0.750. The highest BCUT2D eigenvalue weighted by Crippen LogP contribution is 2.18. The van der Waals surface area contributed by atoms with Gasteiger partial charge in [0.05, 0.1) is 39.4 Å². The first-order valence-electron chi connectivity index (χ1n) is 12.5. The van der Waals surface area contributed by atoms with E-state index in [2.05, 4.69) is 0 Å². The second-order valence-corrected chi connectivity index (χ2v) is 10.2. The van der Waals surface area contributed by atoms with Crippen molar-refractivity contribution in [2.75, 3.05) is 52.9 Å². The van der Waals surface area contributed by atoms with E-state index in [4.69, 9.17) is 18.9 Å². The van der Waals surface area contributed by atoms with Crippen LogP contribution < -0.4 is 0 Å². The summed E-state index contributed by atoms with van der Waals surface area (Å²) in [7, 11) is 0. The van der Waals surface area contributed by atoms with E-state index in [1.54, 1.807) is 23.6 Å². The molecule has 0 aromatic rings. The maximum absolute atomic E-state index is 12.6. The van der Waals surface area contributed by atoms with Crippen molar-refractivity contribution in [3.63, 3.8) is 0 Å². The lowest BCUT2D eigenvalue weighted by molar-refractivity contribution is -0.162. The Bertz CT molecular complexity index is 801. The van der Waals surface area contributed by atoms with Gasteiger partial charge in [-0.3, -0.25) is 29.0 Å². The average molecular weight is 543 g/mol. The summed E-state index contributed by atoms with van der Waals surface area (Å²) < 4.78 is 19.5. The summed E-state index contributed by atoms with van der Waals surface area (Å²) in [6.07, 6.45) is -1.93. The molecule has 0 aliphatic carbocycles. The van der Waals surface area contributed by atoms with Crippen molar-refractivity contribution in [2.45, 2.75) is 53.6 Å². The standard InChI is InChI=1S/C24H38N4O10/c1-15(2)11-35-23(33)37-13-27-19(29)7-25(8-20(27)30)17(5)18(6)26-9-21(31)28(22(32)10-26)14-38-24(34)36-12-16(3)4/h15-18H,7-14H2,1-6H3. The van der Waals surface area contributed by atoms with Gasteiger partial charge in [0.25, 0.3) is 0 Å². The summed E-state index contributed by atoms with van der Waals surface area (Å²) in [5.41, 5.74) is 0. The summed E-state index contributed by atoms with van der Waals surface area (Å²) >= 11 is 0. The third-order valence-corrected chi connectivity index (χ3v) is 6.10. The average Bonchev–Trinajstić information content (AvgIpc) is 2.83. The maximum atomic E-state index is 12.6. The van der Waals surface area contributed by atoms with Crippen LogP contribution in [-0.2, 0) is 38.1 Å². The zero-order valence-corrected chi connectivity index (χ0v) is 22.8. The summed E-state index contributed by atoms with van der Waals surface area (Å²) in [6, 6.07) is -0.757. The number of carbonyl (C=O) groups excluding carboxylic acids is 6. The molecule has 214 valence electrons. The molecule has 2 heterocycles. The van der Waals surface area contributed by atoms with Crippen LogP contribution >= 0.6 is 0 Å². The van der Waals surface area contributed by atoms with Gasteiger partial charge in [0.15, 0.2) is 13.5 Å². The maximum Gasteiger partial charge on any atom is 0.510 e. The predicted molar refractivity (Wildman–Crippen MR) is 130 cm³/mol. The van der Waals surface area contributed by atoms with Crippen molar-refractivity contribution in [1.82, 2.24) is 19.6 Å². The van der Waals surface area contributed by atoms with Gasteiger partial charge in [-0.05, 0) is 25.7 Å². The second kappa shape index (κ2) is 14.0.